The third-order valence-corrected chi connectivity index (χ3v) is 7.55. The first-order valence-electron chi connectivity index (χ1n) is 9.80. The Balaban J connectivity index is 1.63. The lowest BCUT2D eigenvalue weighted by atomic mass is 10.2. The maximum absolute atomic E-state index is 13.4. The summed E-state index contributed by atoms with van der Waals surface area (Å²) < 4.78 is 3.49. The van der Waals surface area contributed by atoms with Crippen molar-refractivity contribution >= 4 is 45.0 Å². The van der Waals surface area contributed by atoms with E-state index in [-0.39, 0.29) is 23.3 Å². The molecule has 1 amide bonds. The average molecular weight is 432 g/mol. The van der Waals surface area contributed by atoms with E-state index in [2.05, 4.69) is 10.4 Å². The zero-order valence-electron chi connectivity index (χ0n) is 17.1. The third-order valence-electron chi connectivity index (χ3n) is 5.49. The van der Waals surface area contributed by atoms with Crippen LogP contribution < -0.4 is 10.9 Å². The van der Waals surface area contributed by atoms with Crippen LogP contribution in [0.1, 0.15) is 47.9 Å². The van der Waals surface area contributed by atoms with Gasteiger partial charge in [0, 0.05) is 24.0 Å². The van der Waals surface area contributed by atoms with E-state index < -0.39 is 0 Å². The highest BCUT2D eigenvalue weighted by molar-refractivity contribution is 7.99. The molecular weight excluding hydrogens is 406 g/mol. The molecule has 0 radical (unpaired) electrons. The van der Waals surface area contributed by atoms with Gasteiger partial charge >= 0.3 is 0 Å². The molecule has 0 atom stereocenters. The van der Waals surface area contributed by atoms with Crippen LogP contribution in [0.25, 0.3) is 10.2 Å². The minimum atomic E-state index is -0.135. The van der Waals surface area contributed by atoms with Gasteiger partial charge in [0.15, 0.2) is 5.16 Å². The number of carbonyl (C=O) groups excluding carboxylic acids is 1. The van der Waals surface area contributed by atoms with Crippen LogP contribution in [0.3, 0.4) is 0 Å². The molecule has 154 valence electrons. The Morgan fingerprint density at radius 1 is 1.31 bits per heavy atom. The lowest BCUT2D eigenvalue weighted by Crippen LogP contribution is -2.27. The normalized spacial score (nSPS) is 14.8. The Labute approximate surface area is 177 Å². The van der Waals surface area contributed by atoms with Crippen LogP contribution in [-0.2, 0) is 11.8 Å². The molecule has 0 aromatic carbocycles. The van der Waals surface area contributed by atoms with Crippen molar-refractivity contribution in [2.75, 3.05) is 11.1 Å². The summed E-state index contributed by atoms with van der Waals surface area (Å²) in [5.41, 5.74) is 1.91. The average Bonchev–Trinajstić information content (AvgIpc) is 3.35. The van der Waals surface area contributed by atoms with E-state index in [4.69, 9.17) is 4.98 Å². The third kappa shape index (κ3) is 3.85. The molecular formula is C20H25N5O2S2. The van der Waals surface area contributed by atoms with Gasteiger partial charge in [0.25, 0.3) is 5.56 Å². The molecule has 0 aliphatic heterocycles. The summed E-state index contributed by atoms with van der Waals surface area (Å²) in [6.07, 6.45) is 4.23. The molecule has 0 unspecified atom stereocenters. The molecule has 7 nitrogen and oxygen atoms in total. The van der Waals surface area contributed by atoms with Gasteiger partial charge in [0.05, 0.1) is 16.8 Å². The number of carbonyl (C=O) groups is 1. The van der Waals surface area contributed by atoms with E-state index in [0.29, 0.717) is 11.0 Å². The zero-order valence-corrected chi connectivity index (χ0v) is 18.7. The number of amides is 1. The van der Waals surface area contributed by atoms with Gasteiger partial charge in [-0.1, -0.05) is 24.6 Å². The van der Waals surface area contributed by atoms with E-state index in [1.54, 1.807) is 23.1 Å². The second-order valence-corrected chi connectivity index (χ2v) is 9.75. The predicted octanol–water partition coefficient (Wildman–Crippen LogP) is 3.96. The second kappa shape index (κ2) is 7.95. The molecule has 1 aliphatic rings. The van der Waals surface area contributed by atoms with Crippen LogP contribution in [0, 0.1) is 20.8 Å². The van der Waals surface area contributed by atoms with E-state index in [1.165, 1.54) is 11.8 Å². The predicted molar refractivity (Wildman–Crippen MR) is 118 cm³/mol. The maximum atomic E-state index is 13.4. The van der Waals surface area contributed by atoms with Gasteiger partial charge in [-0.15, -0.1) is 11.3 Å². The summed E-state index contributed by atoms with van der Waals surface area (Å²) in [6.45, 7) is 5.90. The van der Waals surface area contributed by atoms with Crippen molar-refractivity contribution in [3.63, 3.8) is 0 Å². The van der Waals surface area contributed by atoms with Crippen LogP contribution in [0.15, 0.2) is 16.0 Å². The number of thioether (sulfide) groups is 1. The molecule has 3 aromatic rings. The van der Waals surface area contributed by atoms with Gasteiger partial charge in [-0.3, -0.25) is 18.8 Å². The monoisotopic (exact) mass is 431 g/mol. The van der Waals surface area contributed by atoms with E-state index >= 15 is 0 Å². The van der Waals surface area contributed by atoms with Crippen molar-refractivity contribution in [2.24, 2.45) is 7.05 Å². The van der Waals surface area contributed by atoms with E-state index in [1.807, 2.05) is 31.4 Å². The molecule has 0 spiro atoms. The number of thiophene rings is 1. The van der Waals surface area contributed by atoms with Crippen LogP contribution in [-0.4, -0.2) is 31.0 Å². The molecule has 1 fully saturated rings. The number of hydrogen-bond donors (Lipinski definition) is 1. The number of fused-ring (bicyclic) bond motifs is 1. The molecule has 3 heterocycles. The van der Waals surface area contributed by atoms with Crippen LogP contribution in [0.2, 0.25) is 0 Å². The Morgan fingerprint density at radius 3 is 2.69 bits per heavy atom. The number of nitrogens with zero attached hydrogens (tertiary/aromatic N) is 4. The Morgan fingerprint density at radius 2 is 2.03 bits per heavy atom. The first-order valence-corrected chi connectivity index (χ1v) is 11.6. The van der Waals surface area contributed by atoms with Gasteiger partial charge in [-0.05, 0) is 39.2 Å². The van der Waals surface area contributed by atoms with Crippen molar-refractivity contribution in [3.8, 4) is 0 Å². The SMILES string of the molecule is Cc1cc(NC(=O)CSc2nc3sc(C)c(C)c3c(=O)n2C2CCCC2)n(C)n1. The van der Waals surface area contributed by atoms with Gasteiger partial charge < -0.3 is 5.32 Å². The lowest BCUT2D eigenvalue weighted by Gasteiger charge is -2.18. The molecule has 3 aromatic heterocycles. The summed E-state index contributed by atoms with van der Waals surface area (Å²) in [4.78, 5) is 32.6. The van der Waals surface area contributed by atoms with Gasteiger partial charge in [-0.2, -0.15) is 5.10 Å². The summed E-state index contributed by atoms with van der Waals surface area (Å²) in [5, 5.41) is 8.51. The van der Waals surface area contributed by atoms with Crippen molar-refractivity contribution < 1.29 is 4.79 Å². The zero-order chi connectivity index (χ0) is 20.7. The van der Waals surface area contributed by atoms with Crippen LogP contribution in [0.4, 0.5) is 5.82 Å². The fraction of sp³-hybridized carbons (Fsp3) is 0.500. The first-order chi connectivity index (χ1) is 13.8. The highest BCUT2D eigenvalue weighted by Gasteiger charge is 2.25. The van der Waals surface area contributed by atoms with Gasteiger partial charge in [-0.25, -0.2) is 4.98 Å². The summed E-state index contributed by atoms with van der Waals surface area (Å²) in [5.74, 6) is 0.719. The molecule has 0 saturated heterocycles. The molecule has 1 saturated carbocycles. The fourth-order valence-corrected chi connectivity index (χ4v) is 5.85. The number of nitrogens with one attached hydrogen (secondary N) is 1. The van der Waals surface area contributed by atoms with Crippen LogP contribution >= 0.6 is 23.1 Å². The Bertz CT molecular complexity index is 1140. The standard InChI is InChI=1S/C20H25N5O2S2/c1-11-9-15(24(4)23-11)21-16(26)10-28-20-22-18-17(12(2)13(3)29-18)19(27)25(20)14-7-5-6-8-14/h9,14H,5-8,10H2,1-4H3,(H,21,26). The van der Waals surface area contributed by atoms with Crippen molar-refractivity contribution in [1.82, 2.24) is 19.3 Å². The number of aromatic nitrogens is 4. The largest absolute Gasteiger partial charge is 0.310 e. The Hall–Kier alpha value is -2.13. The Kier molecular flexibility index (Phi) is 5.52. The van der Waals surface area contributed by atoms with Crippen LogP contribution in [0.5, 0.6) is 0 Å². The van der Waals surface area contributed by atoms with Crippen molar-refractivity contribution in [2.45, 2.75) is 57.7 Å². The second-order valence-electron chi connectivity index (χ2n) is 7.60. The van der Waals surface area contributed by atoms with Crippen molar-refractivity contribution in [3.05, 3.63) is 32.6 Å². The first kappa shape index (κ1) is 20.2. The molecule has 1 N–H and O–H groups in total. The number of hydrogen-bond acceptors (Lipinski definition) is 6. The highest BCUT2D eigenvalue weighted by Crippen LogP contribution is 2.34. The fourth-order valence-electron chi connectivity index (χ4n) is 3.91. The number of anilines is 1. The molecule has 1 aliphatic carbocycles. The topological polar surface area (TPSA) is 81.8 Å². The molecule has 4 rings (SSSR count). The summed E-state index contributed by atoms with van der Waals surface area (Å²) in [7, 11) is 1.80. The van der Waals surface area contributed by atoms with E-state index in [9.17, 15) is 9.59 Å². The minimum absolute atomic E-state index is 0.0360. The molecule has 9 heteroatoms. The van der Waals surface area contributed by atoms with Gasteiger partial charge in [0.1, 0.15) is 10.6 Å². The molecule has 29 heavy (non-hydrogen) atoms. The lowest BCUT2D eigenvalue weighted by molar-refractivity contribution is -0.113. The van der Waals surface area contributed by atoms with Gasteiger partial charge in [0.2, 0.25) is 5.91 Å². The maximum Gasteiger partial charge on any atom is 0.263 e. The quantitative estimate of drug-likeness (QED) is 0.488. The number of aryl methyl sites for hydroxylation is 4. The smallest absolute Gasteiger partial charge is 0.263 e. The van der Waals surface area contributed by atoms with E-state index in [0.717, 1.165) is 52.0 Å². The minimum Gasteiger partial charge on any atom is -0.310 e. The summed E-state index contributed by atoms with van der Waals surface area (Å²) in [6, 6.07) is 2.00. The molecule has 0 bridgehead atoms. The number of rotatable bonds is 5. The van der Waals surface area contributed by atoms with Crippen molar-refractivity contribution in [1.29, 1.82) is 0 Å². The highest BCUT2D eigenvalue weighted by atomic mass is 32.2. The summed E-state index contributed by atoms with van der Waals surface area (Å²) >= 11 is 2.88.